The summed E-state index contributed by atoms with van der Waals surface area (Å²) < 4.78 is 32.9. The Morgan fingerprint density at radius 1 is 0.580 bits per heavy atom. The molecule has 0 unspecified atom stereocenters. The number of anilines is 1. The number of fused-ring (bicyclic) bond motifs is 2. The van der Waals surface area contributed by atoms with Crippen molar-refractivity contribution in [3.63, 3.8) is 0 Å². The number of piperazine rings is 1. The van der Waals surface area contributed by atoms with Gasteiger partial charge in [0.2, 0.25) is 0 Å². The van der Waals surface area contributed by atoms with Gasteiger partial charge in [-0.25, -0.2) is 9.97 Å². The summed E-state index contributed by atoms with van der Waals surface area (Å²) in [6, 6.07) is 20.6. The summed E-state index contributed by atoms with van der Waals surface area (Å²) in [5.74, 6) is 2.41. The Bertz CT molecular complexity index is 1740. The van der Waals surface area contributed by atoms with Crippen LogP contribution in [0.5, 0.6) is 5.75 Å². The van der Waals surface area contributed by atoms with Crippen LogP contribution in [0.2, 0.25) is 0 Å². The fourth-order valence-electron chi connectivity index (χ4n) is 5.66. The zero-order chi connectivity index (χ0) is 34.4. The molecule has 13 nitrogen and oxygen atoms in total. The largest absolute Gasteiger partial charge is 0.491 e. The molecular weight excluding hydrogens is 640 g/mol. The van der Waals surface area contributed by atoms with Crippen LogP contribution in [0.1, 0.15) is 0 Å². The first-order chi connectivity index (χ1) is 24.7. The lowest BCUT2D eigenvalue weighted by atomic mass is 10.2. The van der Waals surface area contributed by atoms with Crippen LogP contribution in [-0.4, -0.2) is 142 Å². The van der Waals surface area contributed by atoms with Crippen LogP contribution < -0.4 is 9.64 Å². The maximum atomic E-state index is 8.63. The fraction of sp³-hybridized carbons (Fsp3) is 0.459. The lowest BCUT2D eigenvalue weighted by molar-refractivity contribution is -0.0146. The average Bonchev–Trinajstić information content (AvgIpc) is 3.77. The number of likely N-dealkylation sites (N-methyl/N-ethyl adjacent to an activating group) is 1. The summed E-state index contributed by atoms with van der Waals surface area (Å²) in [6.07, 6.45) is 0. The third-order valence-corrected chi connectivity index (χ3v) is 8.44. The van der Waals surface area contributed by atoms with Crippen molar-refractivity contribution in [1.82, 2.24) is 24.8 Å². The molecule has 0 amide bonds. The number of aliphatic hydroxyl groups excluding tert-OH is 1. The van der Waals surface area contributed by atoms with Crippen molar-refractivity contribution in [2.24, 2.45) is 0 Å². The summed E-state index contributed by atoms with van der Waals surface area (Å²) in [6.45, 7) is 9.42. The van der Waals surface area contributed by atoms with Crippen molar-refractivity contribution in [1.29, 1.82) is 0 Å². The highest BCUT2D eigenvalue weighted by Crippen LogP contribution is 2.29. The number of hydrogen-bond donors (Lipinski definition) is 3. The van der Waals surface area contributed by atoms with E-state index < -0.39 is 0 Å². The number of benzene rings is 3. The van der Waals surface area contributed by atoms with Crippen molar-refractivity contribution in [3.05, 3.63) is 60.7 Å². The van der Waals surface area contributed by atoms with E-state index in [0.717, 1.165) is 76.8 Å². The van der Waals surface area contributed by atoms with Gasteiger partial charge in [-0.15, -0.1) is 0 Å². The van der Waals surface area contributed by atoms with Crippen LogP contribution in [-0.2, 0) is 23.7 Å². The van der Waals surface area contributed by atoms with E-state index >= 15 is 0 Å². The second-order valence-electron chi connectivity index (χ2n) is 12.1. The van der Waals surface area contributed by atoms with E-state index in [1.165, 1.54) is 5.69 Å². The SMILES string of the molecule is CN1CCN(c2ccc3nc(-c4ccc5nc(-c6ccc(OCCOCCOCCOCCOCCOCCO)cc6)[nH]c5c4)[nH]c3c2)CC1. The number of H-pyrrole nitrogens is 2. The predicted molar refractivity (Wildman–Crippen MR) is 193 cm³/mol. The Kier molecular flexibility index (Phi) is 13.4. The normalized spacial score (nSPS) is 13.9. The first-order valence-corrected chi connectivity index (χ1v) is 17.3. The van der Waals surface area contributed by atoms with Gasteiger partial charge >= 0.3 is 0 Å². The molecule has 1 aliphatic rings. The Labute approximate surface area is 292 Å². The molecule has 13 heteroatoms. The summed E-state index contributed by atoms with van der Waals surface area (Å²) in [5, 5.41) is 8.63. The molecule has 5 aromatic rings. The molecule has 0 bridgehead atoms. The third kappa shape index (κ3) is 10.2. The minimum absolute atomic E-state index is 0.0240. The number of ether oxygens (including phenoxy) is 6. The van der Waals surface area contributed by atoms with E-state index in [0.29, 0.717) is 72.7 Å². The summed E-state index contributed by atoms with van der Waals surface area (Å²) >= 11 is 0. The molecule has 268 valence electrons. The molecule has 0 radical (unpaired) electrons. The maximum absolute atomic E-state index is 8.63. The Balaban J connectivity index is 0.892. The molecule has 50 heavy (non-hydrogen) atoms. The lowest BCUT2D eigenvalue weighted by Gasteiger charge is -2.34. The number of aromatic amines is 2. The van der Waals surface area contributed by atoms with Crippen molar-refractivity contribution in [2.45, 2.75) is 0 Å². The molecule has 3 heterocycles. The molecular formula is C37H48N6O7. The van der Waals surface area contributed by atoms with E-state index in [1.54, 1.807) is 0 Å². The van der Waals surface area contributed by atoms with Gasteiger partial charge in [-0.3, -0.25) is 0 Å². The van der Waals surface area contributed by atoms with E-state index in [9.17, 15) is 0 Å². The third-order valence-electron chi connectivity index (χ3n) is 8.44. The number of aliphatic hydroxyl groups is 1. The van der Waals surface area contributed by atoms with Gasteiger partial charge in [0.1, 0.15) is 24.0 Å². The van der Waals surface area contributed by atoms with Gasteiger partial charge in [-0.2, -0.15) is 0 Å². The second kappa shape index (κ2) is 18.8. The lowest BCUT2D eigenvalue weighted by Crippen LogP contribution is -2.44. The van der Waals surface area contributed by atoms with E-state index in [2.05, 4.69) is 57.1 Å². The van der Waals surface area contributed by atoms with Gasteiger partial charge in [-0.1, -0.05) is 0 Å². The van der Waals surface area contributed by atoms with Gasteiger partial charge in [0.15, 0.2) is 0 Å². The Morgan fingerprint density at radius 2 is 1.08 bits per heavy atom. The molecule has 2 aromatic heterocycles. The zero-order valence-electron chi connectivity index (χ0n) is 28.8. The van der Waals surface area contributed by atoms with Crippen molar-refractivity contribution >= 4 is 27.8 Å². The van der Waals surface area contributed by atoms with Gasteiger partial charge < -0.3 is 53.3 Å². The monoisotopic (exact) mass is 688 g/mol. The molecule has 0 saturated carbocycles. The van der Waals surface area contributed by atoms with Gasteiger partial charge in [0.05, 0.1) is 94.7 Å². The van der Waals surface area contributed by atoms with Crippen LogP contribution in [0.25, 0.3) is 44.8 Å². The number of rotatable bonds is 21. The summed E-state index contributed by atoms with van der Waals surface area (Å²) in [7, 11) is 2.17. The second-order valence-corrected chi connectivity index (χ2v) is 12.1. The zero-order valence-corrected chi connectivity index (χ0v) is 28.8. The first kappa shape index (κ1) is 35.7. The molecule has 1 saturated heterocycles. The van der Waals surface area contributed by atoms with E-state index in [4.69, 9.17) is 43.5 Å². The van der Waals surface area contributed by atoms with Crippen LogP contribution in [0.15, 0.2) is 60.7 Å². The fourth-order valence-corrected chi connectivity index (χ4v) is 5.66. The molecule has 0 aliphatic carbocycles. The van der Waals surface area contributed by atoms with Crippen molar-refractivity contribution in [2.75, 3.05) is 117 Å². The first-order valence-electron chi connectivity index (χ1n) is 17.3. The van der Waals surface area contributed by atoms with Crippen LogP contribution >= 0.6 is 0 Å². The molecule has 3 aromatic carbocycles. The average molecular weight is 689 g/mol. The quantitative estimate of drug-likeness (QED) is 0.0966. The standard InChI is InChI=1S/C37H48N6O7/c1-42-10-12-43(13-11-42)30-5-9-33-35(27-30)41-37(39-33)29-4-8-32-34(26-29)40-36(38-32)28-2-6-31(7-3-28)50-25-24-49-23-22-48-21-20-47-19-18-46-17-16-45-15-14-44/h2-9,26-27,44H,10-25H2,1H3,(H,38,40)(H,39,41). The minimum atomic E-state index is 0.0240. The number of aromatic nitrogens is 4. The van der Waals surface area contributed by atoms with E-state index in [1.807, 2.05) is 30.3 Å². The molecule has 1 aliphatic heterocycles. The van der Waals surface area contributed by atoms with Crippen molar-refractivity contribution in [3.8, 4) is 28.5 Å². The Hall–Kier alpha value is -4.08. The van der Waals surface area contributed by atoms with Gasteiger partial charge in [0, 0.05) is 43.0 Å². The molecule has 0 atom stereocenters. The number of imidazole rings is 2. The molecule has 6 rings (SSSR count). The predicted octanol–water partition coefficient (Wildman–Crippen LogP) is 3.98. The van der Waals surface area contributed by atoms with Crippen LogP contribution in [0.3, 0.4) is 0 Å². The summed E-state index contributed by atoms with van der Waals surface area (Å²) in [5.41, 5.74) is 7.06. The topological polar surface area (TPSA) is 139 Å². The van der Waals surface area contributed by atoms with Gasteiger partial charge in [-0.05, 0) is 67.7 Å². The Morgan fingerprint density at radius 3 is 1.68 bits per heavy atom. The molecule has 3 N–H and O–H groups in total. The smallest absolute Gasteiger partial charge is 0.138 e. The molecule has 0 spiro atoms. The highest BCUT2D eigenvalue weighted by atomic mass is 16.6. The highest BCUT2D eigenvalue weighted by molar-refractivity contribution is 5.87. The van der Waals surface area contributed by atoms with E-state index in [-0.39, 0.29) is 6.61 Å². The van der Waals surface area contributed by atoms with Gasteiger partial charge in [0.25, 0.3) is 0 Å². The maximum Gasteiger partial charge on any atom is 0.138 e. The highest BCUT2D eigenvalue weighted by Gasteiger charge is 2.16. The number of hydrogen-bond acceptors (Lipinski definition) is 11. The number of nitrogens with zero attached hydrogens (tertiary/aromatic N) is 4. The van der Waals surface area contributed by atoms with Crippen LogP contribution in [0, 0.1) is 0 Å². The minimum Gasteiger partial charge on any atom is -0.491 e. The van der Waals surface area contributed by atoms with Crippen LogP contribution in [0.4, 0.5) is 5.69 Å². The molecule has 1 fully saturated rings. The number of nitrogens with one attached hydrogen (secondary N) is 2. The van der Waals surface area contributed by atoms with Crippen molar-refractivity contribution < 1.29 is 33.5 Å². The summed E-state index contributed by atoms with van der Waals surface area (Å²) in [4.78, 5) is 21.5.